The average Bonchev–Trinajstić information content (AvgIpc) is 3.14. The number of aromatic nitrogens is 3. The van der Waals surface area contributed by atoms with Gasteiger partial charge in [0.05, 0.1) is 30.6 Å². The lowest BCUT2D eigenvalue weighted by atomic mass is 10.2. The van der Waals surface area contributed by atoms with Crippen molar-refractivity contribution in [3.05, 3.63) is 97.3 Å². The van der Waals surface area contributed by atoms with Crippen LogP contribution in [-0.4, -0.2) is 37.4 Å². The van der Waals surface area contributed by atoms with Crippen LogP contribution in [0.25, 0.3) is 11.0 Å². The number of pyridine rings is 1. The highest BCUT2D eigenvalue weighted by atomic mass is 35.5. The van der Waals surface area contributed by atoms with Gasteiger partial charge in [-0.3, -0.25) is 9.59 Å². The third-order valence-electron chi connectivity index (χ3n) is 5.52. The first-order chi connectivity index (χ1) is 17.6. The second-order valence-corrected chi connectivity index (χ2v) is 8.31. The molecule has 2 aromatic carbocycles. The van der Waals surface area contributed by atoms with Gasteiger partial charge in [0.2, 0.25) is 5.91 Å². The fourth-order valence-electron chi connectivity index (χ4n) is 3.76. The molecule has 192 valence electrons. The number of nitrogens with two attached hydrogens (primary N) is 1. The maximum absolute atomic E-state index is 13.8. The maximum atomic E-state index is 13.8. The number of amides is 1. The Hall–Kier alpha value is -4.29. The molecule has 4 rings (SSSR count). The number of ether oxygens (including phenoxy) is 1. The molecule has 0 aliphatic carbocycles. The summed E-state index contributed by atoms with van der Waals surface area (Å²) >= 11 is 6.17. The van der Waals surface area contributed by atoms with E-state index in [1.807, 2.05) is 0 Å². The molecule has 2 aromatic heterocycles. The summed E-state index contributed by atoms with van der Waals surface area (Å²) < 4.78 is 35.0. The van der Waals surface area contributed by atoms with Crippen molar-refractivity contribution in [2.24, 2.45) is 5.73 Å². The number of hydrogen-bond acceptors (Lipinski definition) is 6. The maximum Gasteiger partial charge on any atom is 0.344 e. The quantitative estimate of drug-likeness (QED) is 0.375. The molecule has 0 spiro atoms. The van der Waals surface area contributed by atoms with E-state index in [1.165, 1.54) is 41.1 Å². The summed E-state index contributed by atoms with van der Waals surface area (Å²) in [5, 5.41) is 8.83. The summed E-state index contributed by atoms with van der Waals surface area (Å²) in [6.07, 6.45) is 1.02. The Bertz CT molecular complexity index is 1660. The minimum Gasteiger partial charge on any atom is -0.487 e. The van der Waals surface area contributed by atoms with Gasteiger partial charge >= 0.3 is 11.7 Å². The standard InChI is InChI=1S/C24H19ClF2N4O6/c25-21-19(37-12-14-2-3-15(26)10-16(14)27)5-7-29(22(21)34)11-13-1-4-17-18(9-13)30(20(33)6-8-32)24(36)31(17)23(28)35/h1-5,7,9-10,32H,6,8,11-12H2,(H2,28,35). The minimum atomic E-state index is -1.09. The number of aliphatic hydroxyl groups is 1. The number of aliphatic hydroxyl groups excluding tert-OH is 1. The van der Waals surface area contributed by atoms with Crippen LogP contribution in [0.1, 0.15) is 22.3 Å². The van der Waals surface area contributed by atoms with Crippen LogP contribution in [0, 0.1) is 11.6 Å². The van der Waals surface area contributed by atoms with E-state index in [0.29, 0.717) is 16.2 Å². The summed E-state index contributed by atoms with van der Waals surface area (Å²) in [5.41, 5.74) is 4.38. The molecule has 0 fully saturated rings. The number of benzene rings is 2. The van der Waals surface area contributed by atoms with Crippen LogP contribution in [-0.2, 0) is 13.2 Å². The Morgan fingerprint density at radius 3 is 2.46 bits per heavy atom. The lowest BCUT2D eigenvalue weighted by Crippen LogP contribution is -2.35. The number of carbonyl (C=O) groups excluding carboxylic acids is 2. The van der Waals surface area contributed by atoms with Crippen LogP contribution in [0.2, 0.25) is 5.02 Å². The lowest BCUT2D eigenvalue weighted by Gasteiger charge is -2.12. The van der Waals surface area contributed by atoms with Gasteiger partial charge in [0.15, 0.2) is 0 Å². The van der Waals surface area contributed by atoms with Crippen LogP contribution >= 0.6 is 11.6 Å². The van der Waals surface area contributed by atoms with E-state index < -0.39 is 41.4 Å². The average molecular weight is 533 g/mol. The zero-order chi connectivity index (χ0) is 26.9. The van der Waals surface area contributed by atoms with E-state index >= 15 is 0 Å². The third kappa shape index (κ3) is 5.01. The molecular formula is C24H19ClF2N4O6. The normalized spacial score (nSPS) is 11.1. The number of nitrogens with zero attached hydrogens (tertiary/aromatic N) is 3. The second kappa shape index (κ2) is 10.4. The van der Waals surface area contributed by atoms with Crippen LogP contribution < -0.4 is 21.7 Å². The Labute approximate surface area is 211 Å². The first-order valence-corrected chi connectivity index (χ1v) is 11.2. The molecule has 4 aromatic rings. The van der Waals surface area contributed by atoms with Crippen molar-refractivity contribution in [3.63, 3.8) is 0 Å². The molecule has 0 saturated carbocycles. The molecule has 10 nitrogen and oxygen atoms in total. The highest BCUT2D eigenvalue weighted by molar-refractivity contribution is 6.31. The van der Waals surface area contributed by atoms with Crippen molar-refractivity contribution in [2.45, 2.75) is 19.6 Å². The Morgan fingerprint density at radius 1 is 1.03 bits per heavy atom. The van der Waals surface area contributed by atoms with Crippen molar-refractivity contribution < 1.29 is 28.2 Å². The molecule has 0 saturated heterocycles. The van der Waals surface area contributed by atoms with E-state index in [1.54, 1.807) is 0 Å². The number of hydrogen-bond donors (Lipinski definition) is 2. The van der Waals surface area contributed by atoms with E-state index in [-0.39, 0.29) is 46.9 Å². The van der Waals surface area contributed by atoms with Crippen LogP contribution in [0.5, 0.6) is 5.75 Å². The molecule has 2 heterocycles. The van der Waals surface area contributed by atoms with E-state index in [4.69, 9.17) is 27.2 Å². The molecule has 0 radical (unpaired) electrons. The van der Waals surface area contributed by atoms with Crippen LogP contribution in [0.3, 0.4) is 0 Å². The summed E-state index contributed by atoms with van der Waals surface area (Å²) in [4.78, 5) is 49.7. The van der Waals surface area contributed by atoms with Gasteiger partial charge in [-0.05, 0) is 35.9 Å². The van der Waals surface area contributed by atoms with E-state index in [2.05, 4.69) is 0 Å². The van der Waals surface area contributed by atoms with Gasteiger partial charge in [-0.15, -0.1) is 0 Å². The SMILES string of the molecule is NC(=O)n1c(=O)n(C(=O)CCO)c2cc(Cn3ccc(OCc4ccc(F)cc4F)c(Cl)c3=O)ccc21. The van der Waals surface area contributed by atoms with Gasteiger partial charge in [-0.25, -0.2) is 27.5 Å². The van der Waals surface area contributed by atoms with Crippen LogP contribution in [0.15, 0.2) is 58.3 Å². The van der Waals surface area contributed by atoms with Crippen molar-refractivity contribution in [3.8, 4) is 5.75 Å². The highest BCUT2D eigenvalue weighted by Gasteiger charge is 2.21. The molecule has 0 atom stereocenters. The lowest BCUT2D eigenvalue weighted by molar-refractivity contribution is 0.0876. The fraction of sp³-hybridized carbons (Fsp3) is 0.167. The van der Waals surface area contributed by atoms with Gasteiger partial charge in [-0.1, -0.05) is 17.7 Å². The van der Waals surface area contributed by atoms with Crippen molar-refractivity contribution in [1.82, 2.24) is 13.7 Å². The molecule has 3 N–H and O–H groups in total. The molecule has 0 bridgehead atoms. The Balaban J connectivity index is 1.64. The van der Waals surface area contributed by atoms with Crippen LogP contribution in [0.4, 0.5) is 13.6 Å². The number of imidazole rings is 1. The van der Waals surface area contributed by atoms with Crippen molar-refractivity contribution in [1.29, 1.82) is 0 Å². The molecule has 1 amide bonds. The second-order valence-electron chi connectivity index (χ2n) is 7.93. The molecular weight excluding hydrogens is 514 g/mol. The van der Waals surface area contributed by atoms with Crippen molar-refractivity contribution >= 4 is 34.6 Å². The van der Waals surface area contributed by atoms with E-state index in [0.717, 1.165) is 10.6 Å². The molecule has 0 aliphatic heterocycles. The van der Waals surface area contributed by atoms with Gasteiger partial charge in [0.25, 0.3) is 5.56 Å². The topological polar surface area (TPSA) is 139 Å². The summed E-state index contributed by atoms with van der Waals surface area (Å²) in [6, 6.07) is 7.69. The van der Waals surface area contributed by atoms with Crippen molar-refractivity contribution in [2.75, 3.05) is 6.61 Å². The fourth-order valence-corrected chi connectivity index (χ4v) is 3.99. The van der Waals surface area contributed by atoms with Gasteiger partial charge in [0, 0.05) is 17.8 Å². The Kier molecular flexibility index (Phi) is 7.23. The Morgan fingerprint density at radius 2 is 1.78 bits per heavy atom. The summed E-state index contributed by atoms with van der Waals surface area (Å²) in [6.45, 7) is -0.835. The smallest absolute Gasteiger partial charge is 0.344 e. The summed E-state index contributed by atoms with van der Waals surface area (Å²) in [7, 11) is 0. The zero-order valence-corrected chi connectivity index (χ0v) is 19.7. The van der Waals surface area contributed by atoms with E-state index in [9.17, 15) is 28.0 Å². The third-order valence-corrected chi connectivity index (χ3v) is 5.87. The molecule has 13 heteroatoms. The predicted molar refractivity (Wildman–Crippen MR) is 129 cm³/mol. The van der Waals surface area contributed by atoms with Gasteiger partial charge in [0.1, 0.15) is 29.0 Å². The highest BCUT2D eigenvalue weighted by Crippen LogP contribution is 2.23. The number of carbonyl (C=O) groups is 2. The first kappa shape index (κ1) is 25.8. The number of halogens is 3. The largest absolute Gasteiger partial charge is 0.487 e. The predicted octanol–water partition coefficient (Wildman–Crippen LogP) is 2.47. The number of rotatable bonds is 7. The van der Waals surface area contributed by atoms with Gasteiger partial charge < -0.3 is 20.1 Å². The molecule has 37 heavy (non-hydrogen) atoms. The summed E-state index contributed by atoms with van der Waals surface area (Å²) in [5.74, 6) is -2.29. The monoisotopic (exact) mass is 532 g/mol. The minimum absolute atomic E-state index is 0.0101. The first-order valence-electron chi connectivity index (χ1n) is 10.8. The van der Waals surface area contributed by atoms with Gasteiger partial charge in [-0.2, -0.15) is 0 Å². The zero-order valence-electron chi connectivity index (χ0n) is 19.0. The molecule has 0 unspecified atom stereocenters. The number of fused-ring (bicyclic) bond motifs is 1. The molecule has 0 aliphatic rings. The number of primary amides is 1.